The summed E-state index contributed by atoms with van der Waals surface area (Å²) in [6.07, 6.45) is 0.619. The highest BCUT2D eigenvalue weighted by Gasteiger charge is 2.30. The van der Waals surface area contributed by atoms with E-state index in [1.165, 1.54) is 24.3 Å². The number of para-hydroxylation sites is 1. The molecule has 0 fully saturated rings. The van der Waals surface area contributed by atoms with Gasteiger partial charge in [0.15, 0.2) is 6.10 Å². The number of carbonyl (C=O) groups excluding carboxylic acids is 2. The van der Waals surface area contributed by atoms with E-state index in [2.05, 4.69) is 5.32 Å². The molecule has 0 aromatic heterocycles. The first-order valence-corrected chi connectivity index (χ1v) is 11.3. The van der Waals surface area contributed by atoms with Crippen molar-refractivity contribution in [1.29, 1.82) is 0 Å². The maximum absolute atomic E-state index is 13.2. The second-order valence-corrected chi connectivity index (χ2v) is 8.12. The summed E-state index contributed by atoms with van der Waals surface area (Å²) in [4.78, 5) is 27.5. The number of nitrogens with one attached hydrogen (secondary N) is 1. The first kappa shape index (κ1) is 23.3. The molecule has 0 aliphatic carbocycles. The molecule has 1 N–H and O–H groups in total. The number of hydrogen-bond acceptors (Lipinski definition) is 4. The van der Waals surface area contributed by atoms with Crippen LogP contribution in [0.5, 0.6) is 11.5 Å². The van der Waals surface area contributed by atoms with Crippen LogP contribution in [0.4, 0.5) is 10.1 Å². The summed E-state index contributed by atoms with van der Waals surface area (Å²) in [5.41, 5.74) is 2.76. The number of halogens is 1. The molecule has 0 saturated carbocycles. The van der Waals surface area contributed by atoms with Crippen LogP contribution in [0.3, 0.4) is 0 Å². The SMILES string of the molecule is CC[C@@H]1Oc2ccc(NC(=O)c3ccc(F)cc3)cc2CN(CCc2ccccc2OC)C1=O. The van der Waals surface area contributed by atoms with Crippen molar-refractivity contribution in [2.45, 2.75) is 32.4 Å². The van der Waals surface area contributed by atoms with Gasteiger partial charge in [0.1, 0.15) is 17.3 Å². The lowest BCUT2D eigenvalue weighted by Gasteiger charge is -2.23. The van der Waals surface area contributed by atoms with Gasteiger partial charge in [-0.2, -0.15) is 0 Å². The van der Waals surface area contributed by atoms with Crippen LogP contribution in [-0.2, 0) is 17.8 Å². The van der Waals surface area contributed by atoms with Crippen LogP contribution in [0.1, 0.15) is 34.8 Å². The molecule has 176 valence electrons. The minimum Gasteiger partial charge on any atom is -0.496 e. The lowest BCUT2D eigenvalue weighted by Crippen LogP contribution is -2.40. The molecule has 0 unspecified atom stereocenters. The standard InChI is InChI=1S/C27H27FN2O4/c1-3-23-27(32)30(15-14-18-6-4-5-7-24(18)33-2)17-20-16-22(12-13-25(20)34-23)29-26(31)19-8-10-21(28)11-9-19/h4-13,16,23H,3,14-15,17H2,1-2H3,(H,29,31)/t23-/m0/s1. The molecule has 0 saturated heterocycles. The summed E-state index contributed by atoms with van der Waals surface area (Å²) in [5.74, 6) is 0.608. The number of carbonyl (C=O) groups is 2. The number of hydrogen-bond donors (Lipinski definition) is 1. The number of rotatable bonds is 7. The van der Waals surface area contributed by atoms with E-state index in [0.717, 1.165) is 16.9 Å². The molecule has 6 nitrogen and oxygen atoms in total. The highest BCUT2D eigenvalue weighted by atomic mass is 19.1. The van der Waals surface area contributed by atoms with Crippen molar-refractivity contribution in [3.63, 3.8) is 0 Å². The van der Waals surface area contributed by atoms with Crippen molar-refractivity contribution in [1.82, 2.24) is 4.90 Å². The Labute approximate surface area is 198 Å². The third kappa shape index (κ3) is 5.20. The van der Waals surface area contributed by atoms with E-state index in [1.54, 1.807) is 24.1 Å². The van der Waals surface area contributed by atoms with Gasteiger partial charge < -0.3 is 19.7 Å². The smallest absolute Gasteiger partial charge is 0.263 e. The van der Waals surface area contributed by atoms with Gasteiger partial charge in [-0.15, -0.1) is 0 Å². The Hall–Kier alpha value is -3.87. The molecule has 3 aromatic rings. The molecule has 3 aromatic carbocycles. The second kappa shape index (κ2) is 10.4. The maximum Gasteiger partial charge on any atom is 0.263 e. The summed E-state index contributed by atoms with van der Waals surface area (Å²) < 4.78 is 24.6. The lowest BCUT2D eigenvalue weighted by atomic mass is 10.1. The predicted molar refractivity (Wildman–Crippen MR) is 128 cm³/mol. The fourth-order valence-electron chi connectivity index (χ4n) is 4.00. The second-order valence-electron chi connectivity index (χ2n) is 8.12. The van der Waals surface area contributed by atoms with Crippen LogP contribution in [0.25, 0.3) is 0 Å². The van der Waals surface area contributed by atoms with E-state index in [4.69, 9.17) is 9.47 Å². The van der Waals surface area contributed by atoms with Crippen LogP contribution in [0.15, 0.2) is 66.7 Å². The average molecular weight is 463 g/mol. The summed E-state index contributed by atoms with van der Waals surface area (Å²) in [7, 11) is 1.63. The summed E-state index contributed by atoms with van der Waals surface area (Å²) in [5, 5.41) is 2.84. The van der Waals surface area contributed by atoms with Crippen LogP contribution < -0.4 is 14.8 Å². The van der Waals surface area contributed by atoms with E-state index in [9.17, 15) is 14.0 Å². The molecule has 34 heavy (non-hydrogen) atoms. The topological polar surface area (TPSA) is 67.9 Å². The van der Waals surface area contributed by atoms with Gasteiger partial charge in [0.25, 0.3) is 11.8 Å². The normalized spacial score (nSPS) is 15.2. The Morgan fingerprint density at radius 1 is 1.15 bits per heavy atom. The van der Waals surface area contributed by atoms with Crippen molar-refractivity contribution in [3.8, 4) is 11.5 Å². The molecule has 1 aliphatic rings. The third-order valence-corrected chi connectivity index (χ3v) is 5.86. The molecular weight excluding hydrogens is 435 g/mol. The number of amides is 2. The van der Waals surface area contributed by atoms with Crippen molar-refractivity contribution in [2.24, 2.45) is 0 Å². The van der Waals surface area contributed by atoms with E-state index in [-0.39, 0.29) is 11.8 Å². The Morgan fingerprint density at radius 2 is 1.91 bits per heavy atom. The minimum absolute atomic E-state index is 0.0644. The zero-order valence-electron chi connectivity index (χ0n) is 19.2. The highest BCUT2D eigenvalue weighted by Crippen LogP contribution is 2.30. The molecule has 2 amide bonds. The van der Waals surface area contributed by atoms with E-state index < -0.39 is 11.9 Å². The minimum atomic E-state index is -0.571. The highest BCUT2D eigenvalue weighted by molar-refractivity contribution is 6.04. The first-order chi connectivity index (χ1) is 16.5. The summed E-state index contributed by atoms with van der Waals surface area (Å²) in [6, 6.07) is 18.4. The number of fused-ring (bicyclic) bond motifs is 1. The van der Waals surface area contributed by atoms with Gasteiger partial charge in [0.2, 0.25) is 0 Å². The van der Waals surface area contributed by atoms with Gasteiger partial charge >= 0.3 is 0 Å². The average Bonchev–Trinajstić information content (AvgIpc) is 2.99. The van der Waals surface area contributed by atoms with Gasteiger partial charge in [0, 0.05) is 29.9 Å². The van der Waals surface area contributed by atoms with E-state index in [1.807, 2.05) is 37.3 Å². The van der Waals surface area contributed by atoms with Crippen LogP contribution in [0, 0.1) is 5.82 Å². The number of benzene rings is 3. The molecule has 1 atom stereocenters. The van der Waals surface area contributed by atoms with E-state index in [0.29, 0.717) is 42.9 Å². The largest absolute Gasteiger partial charge is 0.496 e. The summed E-state index contributed by atoms with van der Waals surface area (Å²) in [6.45, 7) is 2.79. The number of anilines is 1. The van der Waals surface area contributed by atoms with Crippen LogP contribution >= 0.6 is 0 Å². The molecule has 4 rings (SSSR count). The zero-order chi connectivity index (χ0) is 24.1. The quantitative estimate of drug-likeness (QED) is 0.546. The van der Waals surface area contributed by atoms with Crippen LogP contribution in [0.2, 0.25) is 0 Å². The molecule has 7 heteroatoms. The zero-order valence-corrected chi connectivity index (χ0v) is 19.2. The fraction of sp³-hybridized carbons (Fsp3) is 0.259. The molecule has 1 heterocycles. The van der Waals surface area contributed by atoms with Crippen molar-refractivity contribution in [2.75, 3.05) is 19.0 Å². The van der Waals surface area contributed by atoms with Crippen LogP contribution in [-0.4, -0.2) is 36.5 Å². The van der Waals surface area contributed by atoms with Crippen molar-refractivity contribution < 1.29 is 23.5 Å². The summed E-state index contributed by atoms with van der Waals surface area (Å²) >= 11 is 0. The molecule has 0 radical (unpaired) electrons. The van der Waals surface area contributed by atoms with Gasteiger partial charge in [-0.05, 0) is 66.9 Å². The van der Waals surface area contributed by atoms with E-state index >= 15 is 0 Å². The van der Waals surface area contributed by atoms with Gasteiger partial charge in [-0.25, -0.2) is 4.39 Å². The molecular formula is C27H27FN2O4. The lowest BCUT2D eigenvalue weighted by molar-refractivity contribution is -0.138. The van der Waals surface area contributed by atoms with Gasteiger partial charge in [0.05, 0.1) is 7.11 Å². The Kier molecular flexibility index (Phi) is 7.11. The molecule has 1 aliphatic heterocycles. The first-order valence-electron chi connectivity index (χ1n) is 11.3. The Bertz CT molecular complexity index is 1180. The van der Waals surface area contributed by atoms with Gasteiger partial charge in [-0.3, -0.25) is 9.59 Å². The van der Waals surface area contributed by atoms with Crippen molar-refractivity contribution >= 4 is 17.5 Å². The predicted octanol–water partition coefficient (Wildman–Crippen LogP) is 4.83. The molecule has 0 bridgehead atoms. The maximum atomic E-state index is 13.2. The van der Waals surface area contributed by atoms with Gasteiger partial charge in [-0.1, -0.05) is 25.1 Å². The number of nitrogens with zero attached hydrogens (tertiary/aromatic N) is 1. The fourth-order valence-corrected chi connectivity index (χ4v) is 4.00. The number of methoxy groups -OCH3 is 1. The monoisotopic (exact) mass is 462 g/mol. The molecule has 0 spiro atoms. The van der Waals surface area contributed by atoms with Crippen molar-refractivity contribution in [3.05, 3.63) is 89.2 Å². The Morgan fingerprint density at radius 3 is 2.65 bits per heavy atom. The Balaban J connectivity index is 1.54. The third-order valence-electron chi connectivity index (χ3n) is 5.86. The number of ether oxygens (including phenoxy) is 2.